The van der Waals surface area contributed by atoms with Crippen LogP contribution in [0.4, 0.5) is 5.69 Å². The average molecular weight is 182 g/mol. The number of pyridine rings is 1. The lowest BCUT2D eigenvalue weighted by atomic mass is 10.0. The van der Waals surface area contributed by atoms with Gasteiger partial charge in [-0.15, -0.1) is 0 Å². The Labute approximate surface area is 82.5 Å². The lowest BCUT2D eigenvalue weighted by molar-refractivity contribution is 1.21. The third kappa shape index (κ3) is 0.880. The van der Waals surface area contributed by atoms with E-state index in [9.17, 15) is 0 Å². The van der Waals surface area contributed by atoms with Crippen molar-refractivity contribution in [3.63, 3.8) is 0 Å². The minimum Gasteiger partial charge on any atom is -0.350 e. The number of anilines is 1. The predicted molar refractivity (Wildman–Crippen MR) is 59.2 cm³/mol. The first-order valence-corrected chi connectivity index (χ1v) is 4.65. The van der Waals surface area contributed by atoms with Crippen molar-refractivity contribution in [1.29, 1.82) is 0 Å². The largest absolute Gasteiger partial charge is 0.350 e. The third-order valence-corrected chi connectivity index (χ3v) is 2.63. The van der Waals surface area contributed by atoms with Gasteiger partial charge in [0.1, 0.15) is 0 Å². The zero-order valence-electron chi connectivity index (χ0n) is 7.94. The van der Waals surface area contributed by atoms with Crippen molar-refractivity contribution in [2.45, 2.75) is 0 Å². The van der Waals surface area contributed by atoms with Crippen LogP contribution in [0.1, 0.15) is 5.56 Å². The van der Waals surface area contributed by atoms with E-state index in [-0.39, 0.29) is 0 Å². The maximum atomic E-state index is 4.36. The number of rotatable bonds is 0. The molecule has 1 aromatic heterocycles. The summed E-state index contributed by atoms with van der Waals surface area (Å²) in [7, 11) is 2.06. The van der Waals surface area contributed by atoms with Crippen LogP contribution < -0.4 is 4.90 Å². The molecule has 1 aromatic carbocycles. The molecule has 0 saturated carbocycles. The molecule has 0 atom stereocenters. The van der Waals surface area contributed by atoms with E-state index in [0.29, 0.717) is 0 Å². The van der Waals surface area contributed by atoms with Crippen molar-refractivity contribution in [3.05, 3.63) is 42.2 Å². The van der Waals surface area contributed by atoms with Crippen molar-refractivity contribution in [2.24, 2.45) is 0 Å². The van der Waals surface area contributed by atoms with Gasteiger partial charge in [-0.2, -0.15) is 0 Å². The normalized spacial score (nSPS) is 13.6. The topological polar surface area (TPSA) is 16.1 Å². The molecular weight excluding hydrogens is 172 g/mol. The fourth-order valence-electron chi connectivity index (χ4n) is 1.92. The van der Waals surface area contributed by atoms with Crippen LogP contribution in [-0.2, 0) is 0 Å². The first-order valence-electron chi connectivity index (χ1n) is 4.65. The summed E-state index contributed by atoms with van der Waals surface area (Å²) in [4.78, 5) is 6.48. The average Bonchev–Trinajstić information content (AvgIpc) is 2.24. The molecule has 68 valence electrons. The van der Waals surface area contributed by atoms with Crippen LogP contribution in [0.3, 0.4) is 0 Å². The van der Waals surface area contributed by atoms with Gasteiger partial charge in [0.15, 0.2) is 0 Å². The second kappa shape index (κ2) is 2.58. The van der Waals surface area contributed by atoms with E-state index in [1.54, 1.807) is 0 Å². The minimum atomic E-state index is 1.07. The van der Waals surface area contributed by atoms with Crippen molar-refractivity contribution < 1.29 is 0 Å². The molecule has 3 rings (SSSR count). The van der Waals surface area contributed by atoms with E-state index in [4.69, 9.17) is 0 Å². The fourth-order valence-corrected chi connectivity index (χ4v) is 1.92. The first-order chi connectivity index (χ1) is 6.86. The second-order valence-electron chi connectivity index (χ2n) is 3.50. The summed E-state index contributed by atoms with van der Waals surface area (Å²) in [5, 5.41) is 1.25. The summed E-state index contributed by atoms with van der Waals surface area (Å²) in [5.41, 5.74) is 3.55. The van der Waals surface area contributed by atoms with E-state index >= 15 is 0 Å². The summed E-state index contributed by atoms with van der Waals surface area (Å²) in [5.74, 6) is 0. The molecule has 0 spiro atoms. The summed E-state index contributed by atoms with van der Waals surface area (Å²) in [6.45, 7) is 0. The van der Waals surface area contributed by atoms with Gasteiger partial charge in [-0.05, 0) is 29.8 Å². The third-order valence-electron chi connectivity index (χ3n) is 2.63. The highest BCUT2D eigenvalue weighted by Crippen LogP contribution is 2.32. The maximum Gasteiger partial charge on any atom is 0.0728 e. The zero-order chi connectivity index (χ0) is 9.54. The Kier molecular flexibility index (Phi) is 1.39. The van der Waals surface area contributed by atoms with Gasteiger partial charge >= 0.3 is 0 Å². The van der Waals surface area contributed by atoms with Crippen LogP contribution in [-0.4, -0.2) is 12.0 Å². The Balaban J connectivity index is 2.52. The Morgan fingerprint density at radius 3 is 3.07 bits per heavy atom. The van der Waals surface area contributed by atoms with Crippen molar-refractivity contribution in [3.8, 4) is 0 Å². The standard InChI is InChI=1S/C12H10N2/c1-14-8-6-9-5-7-13-10-3-2-4-11(14)12(9)10/h2-8H,1H3. The van der Waals surface area contributed by atoms with E-state index in [1.165, 1.54) is 16.6 Å². The molecule has 2 aromatic rings. The van der Waals surface area contributed by atoms with E-state index < -0.39 is 0 Å². The Morgan fingerprint density at radius 2 is 2.14 bits per heavy atom. The number of benzene rings is 1. The molecule has 0 aliphatic carbocycles. The molecule has 1 aliphatic rings. The SMILES string of the molecule is CN1C=Cc2ccnc3cccc1c23. The predicted octanol–water partition coefficient (Wildman–Crippen LogP) is 2.66. The molecule has 0 fully saturated rings. The molecule has 14 heavy (non-hydrogen) atoms. The summed E-state index contributed by atoms with van der Waals surface area (Å²) >= 11 is 0. The maximum absolute atomic E-state index is 4.36. The summed E-state index contributed by atoms with van der Waals surface area (Å²) in [6, 6.07) is 8.27. The van der Waals surface area contributed by atoms with Gasteiger partial charge in [0, 0.05) is 24.8 Å². The highest BCUT2D eigenvalue weighted by Gasteiger charge is 2.11. The molecule has 0 amide bonds. The molecule has 0 bridgehead atoms. The monoisotopic (exact) mass is 182 g/mol. The molecule has 0 saturated heterocycles. The molecule has 2 nitrogen and oxygen atoms in total. The molecule has 0 radical (unpaired) electrons. The number of aromatic nitrogens is 1. The second-order valence-corrected chi connectivity index (χ2v) is 3.50. The van der Waals surface area contributed by atoms with Crippen molar-refractivity contribution in [1.82, 2.24) is 4.98 Å². The van der Waals surface area contributed by atoms with Crippen molar-refractivity contribution in [2.75, 3.05) is 11.9 Å². The number of nitrogens with zero attached hydrogens (tertiary/aromatic N) is 2. The summed E-state index contributed by atoms with van der Waals surface area (Å²) < 4.78 is 0. The van der Waals surface area contributed by atoms with Crippen LogP contribution in [0.5, 0.6) is 0 Å². The van der Waals surface area contributed by atoms with Gasteiger partial charge in [0.25, 0.3) is 0 Å². The van der Waals surface area contributed by atoms with Crippen LogP contribution in [0.2, 0.25) is 0 Å². The van der Waals surface area contributed by atoms with Crippen LogP contribution in [0.15, 0.2) is 36.7 Å². The highest BCUT2D eigenvalue weighted by molar-refractivity contribution is 6.00. The quantitative estimate of drug-likeness (QED) is 0.622. The van der Waals surface area contributed by atoms with E-state index in [1.807, 2.05) is 12.3 Å². The van der Waals surface area contributed by atoms with Gasteiger partial charge in [0.05, 0.1) is 11.2 Å². The lowest BCUT2D eigenvalue weighted by Crippen LogP contribution is -2.11. The highest BCUT2D eigenvalue weighted by atomic mass is 15.1. The van der Waals surface area contributed by atoms with Gasteiger partial charge in [-0.25, -0.2) is 0 Å². The first kappa shape index (κ1) is 7.56. The van der Waals surface area contributed by atoms with Crippen LogP contribution in [0, 0.1) is 0 Å². The van der Waals surface area contributed by atoms with E-state index in [2.05, 4.69) is 47.4 Å². The number of hydrogen-bond donors (Lipinski definition) is 0. The smallest absolute Gasteiger partial charge is 0.0728 e. The Hall–Kier alpha value is -1.83. The van der Waals surface area contributed by atoms with Crippen LogP contribution >= 0.6 is 0 Å². The van der Waals surface area contributed by atoms with Gasteiger partial charge < -0.3 is 4.90 Å². The lowest BCUT2D eigenvalue weighted by Gasteiger charge is -2.21. The molecule has 2 heteroatoms. The molecule has 2 heterocycles. The Bertz CT molecular complexity index is 524. The molecule has 0 unspecified atom stereocenters. The zero-order valence-corrected chi connectivity index (χ0v) is 7.94. The fraction of sp³-hybridized carbons (Fsp3) is 0.0833. The minimum absolute atomic E-state index is 1.07. The van der Waals surface area contributed by atoms with Gasteiger partial charge in [-0.1, -0.05) is 6.07 Å². The van der Waals surface area contributed by atoms with Crippen molar-refractivity contribution >= 4 is 22.7 Å². The molecular formula is C12H10N2. The Morgan fingerprint density at radius 1 is 1.21 bits per heavy atom. The van der Waals surface area contributed by atoms with Crippen LogP contribution in [0.25, 0.3) is 17.0 Å². The van der Waals surface area contributed by atoms with Gasteiger partial charge in [-0.3, -0.25) is 4.98 Å². The summed E-state index contributed by atoms with van der Waals surface area (Å²) in [6.07, 6.45) is 6.06. The molecule has 0 N–H and O–H groups in total. The van der Waals surface area contributed by atoms with Gasteiger partial charge in [0.2, 0.25) is 0 Å². The van der Waals surface area contributed by atoms with E-state index in [0.717, 1.165) is 5.52 Å². The molecule has 1 aliphatic heterocycles. The number of hydrogen-bond acceptors (Lipinski definition) is 2.